The van der Waals surface area contributed by atoms with Crippen molar-refractivity contribution in [2.24, 2.45) is 5.73 Å². The number of nitro groups is 1. The third-order valence-corrected chi connectivity index (χ3v) is 7.38. The van der Waals surface area contributed by atoms with Crippen molar-refractivity contribution >= 4 is 29.7 Å². The van der Waals surface area contributed by atoms with Crippen LogP contribution in [0.3, 0.4) is 0 Å². The first-order valence-corrected chi connectivity index (χ1v) is 15.9. The summed E-state index contributed by atoms with van der Waals surface area (Å²) in [5.74, 6) is -0.780. The quantitative estimate of drug-likeness (QED) is 0.0980. The van der Waals surface area contributed by atoms with E-state index >= 15 is 0 Å². The third kappa shape index (κ3) is 13.9. The molecule has 18 heteroatoms. The van der Waals surface area contributed by atoms with Crippen molar-refractivity contribution in [1.82, 2.24) is 21.3 Å². The standard InChI is InChI=1S/C31H46N6O12/c1-31(2,3)49-29(42)34-12-11-25(40)35-19-13-22(36-30(43)46-17-18-7-9-20(10-8-18)37(44)45)27(23(38)14-19)48-26-6-4-5-21(47-26)15-33-16-24(39)28(32)41/h5,7-10,19,22-24,26-27,33,38-39H,4,6,11-17H2,1-3H3,(H2,32,41)(H,34,42)(H,35,40)(H,36,43)/t19-,22+,23-,24?,26-,27-/m1/s1. The zero-order valence-electron chi connectivity index (χ0n) is 27.7. The van der Waals surface area contributed by atoms with E-state index in [1.165, 1.54) is 24.3 Å². The van der Waals surface area contributed by atoms with E-state index in [9.17, 15) is 39.5 Å². The molecule has 6 atom stereocenters. The number of aliphatic hydroxyl groups excluding tert-OH is 2. The summed E-state index contributed by atoms with van der Waals surface area (Å²) in [5, 5.41) is 42.6. The zero-order valence-corrected chi connectivity index (χ0v) is 27.7. The second kappa shape index (κ2) is 18.3. The number of amides is 4. The van der Waals surface area contributed by atoms with Gasteiger partial charge in [0.05, 0.1) is 23.6 Å². The van der Waals surface area contributed by atoms with Gasteiger partial charge in [-0.15, -0.1) is 0 Å². The molecule has 1 aliphatic heterocycles. The van der Waals surface area contributed by atoms with Crippen molar-refractivity contribution in [2.45, 2.75) is 102 Å². The van der Waals surface area contributed by atoms with Crippen LogP contribution in [0.5, 0.6) is 0 Å². The molecule has 8 N–H and O–H groups in total. The number of non-ortho nitro benzene ring substituents is 1. The summed E-state index contributed by atoms with van der Waals surface area (Å²) < 4.78 is 22.6. The first kappa shape index (κ1) is 38.9. The van der Waals surface area contributed by atoms with Crippen molar-refractivity contribution in [1.29, 1.82) is 0 Å². The van der Waals surface area contributed by atoms with Gasteiger partial charge in [0.1, 0.15) is 30.2 Å². The van der Waals surface area contributed by atoms with Crippen LogP contribution in [0.2, 0.25) is 0 Å². The number of benzene rings is 1. The molecule has 1 heterocycles. The van der Waals surface area contributed by atoms with Gasteiger partial charge in [0.15, 0.2) is 6.29 Å². The number of carbonyl (C=O) groups is 4. The molecule has 1 unspecified atom stereocenters. The topological polar surface area (TPSA) is 263 Å². The second-order valence-corrected chi connectivity index (χ2v) is 12.7. The van der Waals surface area contributed by atoms with Crippen LogP contribution < -0.4 is 27.0 Å². The van der Waals surface area contributed by atoms with E-state index in [1.54, 1.807) is 20.8 Å². The van der Waals surface area contributed by atoms with Crippen LogP contribution in [0.1, 0.15) is 58.4 Å². The highest BCUT2D eigenvalue weighted by molar-refractivity contribution is 5.78. The van der Waals surface area contributed by atoms with E-state index in [2.05, 4.69) is 21.3 Å². The molecule has 1 aliphatic carbocycles. The van der Waals surface area contributed by atoms with Crippen molar-refractivity contribution in [3.05, 3.63) is 51.8 Å². The molecule has 0 radical (unpaired) electrons. The lowest BCUT2D eigenvalue weighted by Gasteiger charge is -2.41. The number of nitrogens with one attached hydrogen (secondary N) is 4. The summed E-state index contributed by atoms with van der Waals surface area (Å²) in [6, 6.07) is 4.07. The SMILES string of the molecule is CC(C)(C)OC(=O)NCCC(=O)N[C@H]1C[C@@H](O)[C@H](O[C@@H]2CCC=C(CNCC(O)C(N)=O)O2)[C@@H](NC(=O)OCc2ccc([N+](=O)[O-])cc2)C1. The summed E-state index contributed by atoms with van der Waals surface area (Å²) in [5.41, 5.74) is 4.77. The molecule has 18 nitrogen and oxygen atoms in total. The van der Waals surface area contributed by atoms with E-state index in [-0.39, 0.29) is 51.2 Å². The molecule has 0 aromatic heterocycles. The van der Waals surface area contributed by atoms with Gasteiger partial charge in [0.2, 0.25) is 11.8 Å². The fraction of sp³-hybridized carbons (Fsp3) is 0.613. The molecule has 1 aromatic rings. The highest BCUT2D eigenvalue weighted by atomic mass is 16.7. The minimum Gasteiger partial charge on any atom is -0.468 e. The summed E-state index contributed by atoms with van der Waals surface area (Å²) >= 11 is 0. The number of allylic oxidation sites excluding steroid dienone is 1. The van der Waals surface area contributed by atoms with Crippen LogP contribution in [0, 0.1) is 10.1 Å². The highest BCUT2D eigenvalue weighted by Gasteiger charge is 2.41. The van der Waals surface area contributed by atoms with Gasteiger partial charge in [-0.2, -0.15) is 0 Å². The fourth-order valence-electron chi connectivity index (χ4n) is 5.10. The van der Waals surface area contributed by atoms with Gasteiger partial charge in [-0.25, -0.2) is 9.59 Å². The van der Waals surface area contributed by atoms with Gasteiger partial charge in [0, 0.05) is 44.1 Å². The smallest absolute Gasteiger partial charge is 0.407 e. The lowest BCUT2D eigenvalue weighted by molar-refractivity contribution is -0.384. The molecular formula is C31H46N6O12. The van der Waals surface area contributed by atoms with Crippen molar-refractivity contribution in [2.75, 3.05) is 19.6 Å². The molecule has 0 bridgehead atoms. The summed E-state index contributed by atoms with van der Waals surface area (Å²) in [6.45, 7) is 5.07. The van der Waals surface area contributed by atoms with E-state index in [0.29, 0.717) is 24.2 Å². The Hall–Kier alpha value is -4.52. The van der Waals surface area contributed by atoms with E-state index in [1.807, 2.05) is 6.08 Å². The van der Waals surface area contributed by atoms with Crippen LogP contribution >= 0.6 is 0 Å². The molecule has 0 spiro atoms. The maximum absolute atomic E-state index is 12.9. The Morgan fingerprint density at radius 3 is 2.49 bits per heavy atom. The Kier molecular flexibility index (Phi) is 14.5. The average Bonchev–Trinajstić information content (AvgIpc) is 3.01. The molecule has 4 amide bonds. The number of alkyl carbamates (subject to hydrolysis) is 2. The summed E-state index contributed by atoms with van der Waals surface area (Å²) in [7, 11) is 0. The molecule has 1 saturated carbocycles. The first-order chi connectivity index (χ1) is 23.1. The van der Waals surface area contributed by atoms with Crippen LogP contribution in [-0.2, 0) is 35.1 Å². The molecule has 49 heavy (non-hydrogen) atoms. The first-order valence-electron chi connectivity index (χ1n) is 15.9. The largest absolute Gasteiger partial charge is 0.468 e. The van der Waals surface area contributed by atoms with Crippen LogP contribution in [0.4, 0.5) is 15.3 Å². The number of hydrogen-bond donors (Lipinski definition) is 7. The molecule has 272 valence electrons. The fourth-order valence-corrected chi connectivity index (χ4v) is 5.10. The predicted octanol–water partition coefficient (Wildman–Crippen LogP) is 0.585. The monoisotopic (exact) mass is 694 g/mol. The van der Waals surface area contributed by atoms with Crippen LogP contribution in [0.15, 0.2) is 36.1 Å². The Balaban J connectivity index is 1.61. The number of rotatable bonds is 15. The van der Waals surface area contributed by atoms with Gasteiger partial charge < -0.3 is 56.2 Å². The van der Waals surface area contributed by atoms with Gasteiger partial charge in [0.25, 0.3) is 5.69 Å². The lowest BCUT2D eigenvalue weighted by atomic mass is 9.86. The minimum atomic E-state index is -1.37. The number of carbonyl (C=O) groups excluding carboxylic acids is 4. The average molecular weight is 695 g/mol. The Morgan fingerprint density at radius 2 is 1.84 bits per heavy atom. The molecule has 1 aromatic carbocycles. The molecular weight excluding hydrogens is 648 g/mol. The van der Waals surface area contributed by atoms with Crippen molar-refractivity contribution in [3.63, 3.8) is 0 Å². The highest BCUT2D eigenvalue weighted by Crippen LogP contribution is 2.28. The predicted molar refractivity (Wildman–Crippen MR) is 171 cm³/mol. The van der Waals surface area contributed by atoms with Gasteiger partial charge >= 0.3 is 12.2 Å². The number of hydrogen-bond acceptors (Lipinski definition) is 13. The minimum absolute atomic E-state index is 0.0175. The summed E-state index contributed by atoms with van der Waals surface area (Å²) in [4.78, 5) is 58.9. The van der Waals surface area contributed by atoms with Gasteiger partial charge in [-0.1, -0.05) is 0 Å². The number of ether oxygens (including phenoxy) is 4. The normalized spacial score (nSPS) is 22.8. The van der Waals surface area contributed by atoms with E-state index in [4.69, 9.17) is 24.7 Å². The third-order valence-electron chi connectivity index (χ3n) is 7.38. The zero-order chi connectivity index (χ0) is 36.1. The van der Waals surface area contributed by atoms with Gasteiger partial charge in [-0.05, 0) is 63.8 Å². The number of primary amides is 1. The van der Waals surface area contributed by atoms with Crippen LogP contribution in [-0.4, -0.2) is 101 Å². The number of nitrogens with two attached hydrogens (primary N) is 1. The second-order valence-electron chi connectivity index (χ2n) is 12.7. The van der Waals surface area contributed by atoms with Gasteiger partial charge in [-0.3, -0.25) is 19.7 Å². The molecule has 3 rings (SSSR count). The molecule has 1 fully saturated rings. The maximum atomic E-state index is 12.9. The van der Waals surface area contributed by atoms with Crippen LogP contribution in [0.25, 0.3) is 0 Å². The Labute approximate surface area is 283 Å². The lowest BCUT2D eigenvalue weighted by Crippen LogP contribution is -2.59. The maximum Gasteiger partial charge on any atom is 0.407 e. The summed E-state index contributed by atoms with van der Waals surface area (Å²) in [6.07, 6.45) is -2.81. The molecule has 2 aliphatic rings. The number of nitrogens with zero attached hydrogens (tertiary/aromatic N) is 1. The number of aliphatic hydroxyl groups is 2. The number of nitro benzene ring substituents is 1. The van der Waals surface area contributed by atoms with E-state index < -0.39 is 71.2 Å². The van der Waals surface area contributed by atoms with Crippen molar-refractivity contribution in [3.8, 4) is 0 Å². The van der Waals surface area contributed by atoms with Crippen molar-refractivity contribution < 1.29 is 53.3 Å². The molecule has 0 saturated heterocycles. The Bertz CT molecular complexity index is 1340. The van der Waals surface area contributed by atoms with E-state index in [0.717, 1.165) is 0 Å². The Morgan fingerprint density at radius 1 is 1.12 bits per heavy atom.